The van der Waals surface area contributed by atoms with Gasteiger partial charge in [0.25, 0.3) is 0 Å². The predicted octanol–water partition coefficient (Wildman–Crippen LogP) is 2.66. The number of carbonyl (C=O) groups is 3. The highest BCUT2D eigenvalue weighted by Crippen LogP contribution is 2.24. The summed E-state index contributed by atoms with van der Waals surface area (Å²) in [6, 6.07) is 15.0. The maximum Gasteiger partial charge on any atom is 0.508 e. The van der Waals surface area contributed by atoms with Crippen LogP contribution < -0.4 is 10.5 Å². The van der Waals surface area contributed by atoms with Crippen LogP contribution >= 0.6 is 0 Å². The molecule has 1 heterocycles. The van der Waals surface area contributed by atoms with Gasteiger partial charge >= 0.3 is 23.7 Å². The number of hydrogen-bond donors (Lipinski definition) is 2. The fourth-order valence-corrected chi connectivity index (χ4v) is 3.17. The minimum Gasteiger partial charge on any atom is -0.480 e. The van der Waals surface area contributed by atoms with E-state index in [0.29, 0.717) is 17.4 Å². The topological polar surface area (TPSA) is 144 Å². The Balaban J connectivity index is 1.70. The summed E-state index contributed by atoms with van der Waals surface area (Å²) in [7, 11) is 0. The van der Waals surface area contributed by atoms with Crippen molar-refractivity contribution >= 4 is 34.8 Å². The second kappa shape index (κ2) is 10.8. The first-order chi connectivity index (χ1) is 15.8. The minimum atomic E-state index is -1.22. The van der Waals surface area contributed by atoms with E-state index in [-0.39, 0.29) is 24.5 Å². The van der Waals surface area contributed by atoms with Crippen LogP contribution in [-0.4, -0.2) is 48.0 Å². The predicted molar refractivity (Wildman–Crippen MR) is 116 cm³/mol. The molecule has 10 heteroatoms. The lowest BCUT2D eigenvalue weighted by atomic mass is 10.1. The SMILES string of the molecule is O=C(O)CN(CC(=O)O)c1ccc2c(COC(=O)OCCc3ccccc3)cc(=O)oc2c1. The Morgan fingerprint density at radius 1 is 0.909 bits per heavy atom. The molecule has 0 bridgehead atoms. The van der Waals surface area contributed by atoms with Crippen LogP contribution in [0, 0.1) is 0 Å². The van der Waals surface area contributed by atoms with Crippen molar-refractivity contribution in [3.8, 4) is 0 Å². The summed E-state index contributed by atoms with van der Waals surface area (Å²) in [5, 5.41) is 18.5. The molecule has 0 amide bonds. The molecule has 0 aliphatic rings. The number of fused-ring (bicyclic) bond motifs is 1. The number of benzene rings is 2. The van der Waals surface area contributed by atoms with Crippen LogP contribution in [0.15, 0.2) is 63.8 Å². The summed E-state index contributed by atoms with van der Waals surface area (Å²) < 4.78 is 15.3. The Labute approximate surface area is 187 Å². The number of ether oxygens (including phenoxy) is 2. The van der Waals surface area contributed by atoms with Gasteiger partial charge in [0.1, 0.15) is 25.3 Å². The highest BCUT2D eigenvalue weighted by Gasteiger charge is 2.17. The molecular weight excluding hydrogens is 434 g/mol. The van der Waals surface area contributed by atoms with Crippen LogP contribution in [0.1, 0.15) is 11.1 Å². The van der Waals surface area contributed by atoms with Crippen molar-refractivity contribution in [2.75, 3.05) is 24.6 Å². The molecule has 0 saturated heterocycles. The molecule has 3 rings (SSSR count). The van der Waals surface area contributed by atoms with Crippen molar-refractivity contribution < 1.29 is 38.5 Å². The Kier molecular flexibility index (Phi) is 7.64. The quantitative estimate of drug-likeness (QED) is 0.346. The van der Waals surface area contributed by atoms with Crippen molar-refractivity contribution in [1.29, 1.82) is 0 Å². The maximum atomic E-state index is 12.0. The molecular formula is C23H21NO9. The van der Waals surface area contributed by atoms with Crippen molar-refractivity contribution in [2.24, 2.45) is 0 Å². The summed E-state index contributed by atoms with van der Waals surface area (Å²) in [6.07, 6.45) is -0.363. The number of nitrogens with zero attached hydrogens (tertiary/aromatic N) is 1. The van der Waals surface area contributed by atoms with E-state index in [0.717, 1.165) is 10.5 Å². The van der Waals surface area contributed by atoms with Crippen LogP contribution in [0.2, 0.25) is 0 Å². The van der Waals surface area contributed by atoms with Crippen molar-refractivity contribution in [3.05, 3.63) is 76.1 Å². The molecule has 10 nitrogen and oxygen atoms in total. The van der Waals surface area contributed by atoms with E-state index in [1.165, 1.54) is 24.3 Å². The second-order valence-corrected chi connectivity index (χ2v) is 7.04. The molecule has 0 atom stereocenters. The van der Waals surface area contributed by atoms with Gasteiger partial charge in [-0.25, -0.2) is 9.59 Å². The minimum absolute atomic E-state index is 0.0943. The second-order valence-electron chi connectivity index (χ2n) is 7.04. The van der Waals surface area contributed by atoms with Crippen LogP contribution in [0.25, 0.3) is 11.0 Å². The smallest absolute Gasteiger partial charge is 0.480 e. The normalized spacial score (nSPS) is 10.5. The molecule has 0 saturated carbocycles. The summed E-state index contributed by atoms with van der Waals surface area (Å²) in [6.45, 7) is -1.23. The standard InChI is InChI=1S/C23H21NO9/c25-20(26)12-24(13-21(27)28)17-6-7-18-16(10-22(29)33-19(18)11-17)14-32-23(30)31-9-8-15-4-2-1-3-5-15/h1-7,10-11H,8-9,12-14H2,(H,25,26)(H,27,28). The summed E-state index contributed by atoms with van der Waals surface area (Å²) in [5.74, 6) is -2.43. The zero-order valence-electron chi connectivity index (χ0n) is 17.4. The van der Waals surface area contributed by atoms with E-state index in [9.17, 15) is 19.2 Å². The molecule has 0 radical (unpaired) electrons. The molecule has 0 unspecified atom stereocenters. The third-order valence-electron chi connectivity index (χ3n) is 4.63. The Morgan fingerprint density at radius 3 is 2.27 bits per heavy atom. The van der Waals surface area contributed by atoms with Crippen LogP contribution in [0.3, 0.4) is 0 Å². The Bertz CT molecular complexity index is 1190. The van der Waals surface area contributed by atoms with Gasteiger partial charge in [-0.3, -0.25) is 9.59 Å². The van der Waals surface area contributed by atoms with E-state index in [2.05, 4.69) is 0 Å². The first-order valence-corrected chi connectivity index (χ1v) is 9.90. The van der Waals surface area contributed by atoms with Gasteiger partial charge in [-0.2, -0.15) is 0 Å². The number of carbonyl (C=O) groups excluding carboxylic acids is 1. The number of carboxylic acids is 2. The van der Waals surface area contributed by atoms with E-state index in [4.69, 9.17) is 24.1 Å². The van der Waals surface area contributed by atoms with Gasteiger partial charge in [-0.15, -0.1) is 0 Å². The third kappa shape index (κ3) is 6.82. The molecule has 2 N–H and O–H groups in total. The molecule has 172 valence electrons. The summed E-state index contributed by atoms with van der Waals surface area (Å²) in [5.41, 5.74) is 0.993. The Hall–Kier alpha value is -4.34. The lowest BCUT2D eigenvalue weighted by Crippen LogP contribution is -2.34. The number of anilines is 1. The van der Waals surface area contributed by atoms with E-state index >= 15 is 0 Å². The molecule has 2 aromatic carbocycles. The van der Waals surface area contributed by atoms with Gasteiger partial charge in [0, 0.05) is 35.2 Å². The lowest BCUT2D eigenvalue weighted by molar-refractivity contribution is -0.136. The summed E-state index contributed by atoms with van der Waals surface area (Å²) in [4.78, 5) is 47.1. The van der Waals surface area contributed by atoms with E-state index < -0.39 is 36.8 Å². The van der Waals surface area contributed by atoms with Gasteiger partial charge < -0.3 is 29.0 Å². The van der Waals surface area contributed by atoms with Gasteiger partial charge in [0.2, 0.25) is 0 Å². The monoisotopic (exact) mass is 455 g/mol. The van der Waals surface area contributed by atoms with Gasteiger partial charge in [-0.1, -0.05) is 30.3 Å². The van der Waals surface area contributed by atoms with Crippen molar-refractivity contribution in [2.45, 2.75) is 13.0 Å². The zero-order valence-corrected chi connectivity index (χ0v) is 17.4. The lowest BCUT2D eigenvalue weighted by Gasteiger charge is -2.21. The highest BCUT2D eigenvalue weighted by atomic mass is 16.7. The van der Waals surface area contributed by atoms with Crippen molar-refractivity contribution in [3.63, 3.8) is 0 Å². The van der Waals surface area contributed by atoms with Crippen LogP contribution in [-0.2, 0) is 32.1 Å². The Morgan fingerprint density at radius 2 is 1.61 bits per heavy atom. The van der Waals surface area contributed by atoms with Crippen LogP contribution in [0.5, 0.6) is 0 Å². The largest absolute Gasteiger partial charge is 0.508 e. The highest BCUT2D eigenvalue weighted by molar-refractivity contribution is 5.86. The first kappa shape index (κ1) is 23.3. The molecule has 0 fully saturated rings. The van der Waals surface area contributed by atoms with Gasteiger partial charge in [0.05, 0.1) is 6.61 Å². The summed E-state index contributed by atoms with van der Waals surface area (Å²) >= 11 is 0. The average Bonchev–Trinajstić information content (AvgIpc) is 2.76. The molecule has 3 aromatic rings. The number of rotatable bonds is 10. The van der Waals surface area contributed by atoms with Gasteiger partial charge in [-0.05, 0) is 17.7 Å². The number of carboxylic acid groups (broad SMARTS) is 2. The van der Waals surface area contributed by atoms with E-state index in [1.54, 1.807) is 0 Å². The number of aliphatic carboxylic acids is 2. The first-order valence-electron chi connectivity index (χ1n) is 9.90. The van der Waals surface area contributed by atoms with E-state index in [1.807, 2.05) is 30.3 Å². The molecule has 1 aromatic heterocycles. The molecule has 0 spiro atoms. The van der Waals surface area contributed by atoms with Crippen LogP contribution in [0.4, 0.5) is 10.5 Å². The molecule has 33 heavy (non-hydrogen) atoms. The zero-order chi connectivity index (χ0) is 23.8. The average molecular weight is 455 g/mol. The fraction of sp³-hybridized carbons (Fsp3) is 0.217. The van der Waals surface area contributed by atoms with Crippen molar-refractivity contribution in [1.82, 2.24) is 0 Å². The molecule has 0 aliphatic carbocycles. The molecule has 0 aliphatic heterocycles. The number of hydrogen-bond acceptors (Lipinski definition) is 8. The fourth-order valence-electron chi connectivity index (χ4n) is 3.17. The van der Waals surface area contributed by atoms with Gasteiger partial charge in [0.15, 0.2) is 0 Å². The maximum absolute atomic E-state index is 12.0. The third-order valence-corrected chi connectivity index (χ3v) is 4.63.